The molecule has 0 bridgehead atoms. The second-order valence-corrected chi connectivity index (χ2v) is 9.62. The number of rotatable bonds is 5. The first-order chi connectivity index (χ1) is 16.7. The van der Waals surface area contributed by atoms with Gasteiger partial charge in [-0.1, -0.05) is 6.07 Å². The number of hydrogen-bond donors (Lipinski definition) is 3. The van der Waals surface area contributed by atoms with Gasteiger partial charge in [0.2, 0.25) is 10.0 Å². The Labute approximate surface area is 200 Å². The molecule has 0 saturated heterocycles. The van der Waals surface area contributed by atoms with Crippen LogP contribution in [-0.4, -0.2) is 35.0 Å². The molecule has 2 amide bonds. The van der Waals surface area contributed by atoms with Crippen LogP contribution in [-0.2, 0) is 22.9 Å². The topological polar surface area (TPSA) is 163 Å². The van der Waals surface area contributed by atoms with Gasteiger partial charge in [0, 0.05) is 29.2 Å². The van der Waals surface area contributed by atoms with Gasteiger partial charge in [-0.05, 0) is 66.9 Å². The van der Waals surface area contributed by atoms with Crippen LogP contribution in [0.1, 0.15) is 32.0 Å². The molecular weight excluding hydrogens is 468 g/mol. The highest BCUT2D eigenvalue weighted by Gasteiger charge is 2.28. The molecule has 1 aliphatic carbocycles. The number of pyridine rings is 1. The monoisotopic (exact) mass is 488 g/mol. The molecule has 1 aliphatic rings. The standard InChI is InChI=1S/C24H20N6O4S/c25-23(31)21-19-10-4-14-3-5-16(28-24(32)15-2-1-11-27-13-15)12-20(14)22(19)30(29-21)17-6-8-18(9-7-17)35(26,33)34/h1-3,5-9,11-13H,4,10H2,(H2,25,31)(H,28,32)(H2,26,33,34). The number of aryl methyl sites for hydroxylation is 1. The van der Waals surface area contributed by atoms with Crippen molar-refractivity contribution in [3.63, 3.8) is 0 Å². The van der Waals surface area contributed by atoms with E-state index in [4.69, 9.17) is 10.9 Å². The summed E-state index contributed by atoms with van der Waals surface area (Å²) < 4.78 is 24.9. The fourth-order valence-electron chi connectivity index (χ4n) is 4.18. The Bertz CT molecular complexity index is 1580. The lowest BCUT2D eigenvalue weighted by molar-refractivity contribution is 0.0992. The van der Waals surface area contributed by atoms with Crippen molar-refractivity contribution in [2.75, 3.05) is 5.32 Å². The molecule has 11 heteroatoms. The van der Waals surface area contributed by atoms with Gasteiger partial charge in [-0.2, -0.15) is 5.10 Å². The van der Waals surface area contributed by atoms with E-state index in [9.17, 15) is 18.0 Å². The summed E-state index contributed by atoms with van der Waals surface area (Å²) >= 11 is 0. The average molecular weight is 489 g/mol. The largest absolute Gasteiger partial charge is 0.364 e. The fraction of sp³-hybridized carbons (Fsp3) is 0.0833. The Morgan fingerprint density at radius 3 is 2.46 bits per heavy atom. The molecule has 2 heterocycles. The molecule has 0 saturated carbocycles. The van der Waals surface area contributed by atoms with E-state index in [1.807, 2.05) is 18.2 Å². The quantitative estimate of drug-likeness (QED) is 0.389. The summed E-state index contributed by atoms with van der Waals surface area (Å²) in [5.74, 6) is -0.968. The number of carbonyl (C=O) groups excluding carboxylic acids is 2. The Hall–Kier alpha value is -4.35. The highest BCUT2D eigenvalue weighted by molar-refractivity contribution is 7.89. The highest BCUT2D eigenvalue weighted by Crippen LogP contribution is 2.38. The maximum Gasteiger partial charge on any atom is 0.269 e. The Balaban J connectivity index is 1.61. The molecule has 35 heavy (non-hydrogen) atoms. The predicted octanol–water partition coefficient (Wildman–Crippen LogP) is 2.03. The molecule has 5 N–H and O–H groups in total. The van der Waals surface area contributed by atoms with Crippen molar-refractivity contribution in [2.45, 2.75) is 17.7 Å². The van der Waals surface area contributed by atoms with Crippen LogP contribution >= 0.6 is 0 Å². The van der Waals surface area contributed by atoms with E-state index in [0.717, 1.165) is 11.1 Å². The van der Waals surface area contributed by atoms with Gasteiger partial charge in [-0.3, -0.25) is 14.6 Å². The van der Waals surface area contributed by atoms with Gasteiger partial charge in [-0.25, -0.2) is 18.2 Å². The lowest BCUT2D eigenvalue weighted by Gasteiger charge is -2.20. The summed E-state index contributed by atoms with van der Waals surface area (Å²) in [7, 11) is -3.86. The number of sulfonamides is 1. The number of amides is 2. The van der Waals surface area contributed by atoms with Crippen molar-refractivity contribution in [3.8, 4) is 16.9 Å². The Kier molecular flexibility index (Phi) is 5.42. The highest BCUT2D eigenvalue weighted by atomic mass is 32.2. The number of hydrogen-bond acceptors (Lipinski definition) is 6. The molecular formula is C24H20N6O4S. The smallest absolute Gasteiger partial charge is 0.269 e. The molecule has 0 radical (unpaired) electrons. The molecule has 4 aromatic rings. The summed E-state index contributed by atoms with van der Waals surface area (Å²) in [6.45, 7) is 0. The third-order valence-corrected chi connectivity index (χ3v) is 6.75. The van der Waals surface area contributed by atoms with Crippen LogP contribution < -0.4 is 16.2 Å². The maximum atomic E-state index is 12.6. The second-order valence-electron chi connectivity index (χ2n) is 8.06. The summed E-state index contributed by atoms with van der Waals surface area (Å²) in [5.41, 5.74) is 10.4. The van der Waals surface area contributed by atoms with E-state index in [0.29, 0.717) is 41.0 Å². The van der Waals surface area contributed by atoms with Crippen molar-refractivity contribution in [1.29, 1.82) is 0 Å². The first kappa shape index (κ1) is 22.4. The third kappa shape index (κ3) is 4.18. The average Bonchev–Trinajstić information content (AvgIpc) is 3.25. The molecule has 0 atom stereocenters. The molecule has 10 nitrogen and oxygen atoms in total. The molecule has 0 spiro atoms. The first-order valence-electron chi connectivity index (χ1n) is 10.6. The molecule has 0 fully saturated rings. The van der Waals surface area contributed by atoms with E-state index in [1.54, 1.807) is 35.1 Å². The van der Waals surface area contributed by atoms with Crippen molar-refractivity contribution in [3.05, 3.63) is 89.4 Å². The van der Waals surface area contributed by atoms with Crippen LogP contribution in [0.5, 0.6) is 0 Å². The molecule has 176 valence electrons. The minimum atomic E-state index is -3.86. The van der Waals surface area contributed by atoms with Crippen LogP contribution in [0.15, 0.2) is 71.9 Å². The van der Waals surface area contributed by atoms with Crippen molar-refractivity contribution < 1.29 is 18.0 Å². The molecule has 2 aromatic carbocycles. The third-order valence-electron chi connectivity index (χ3n) is 5.82. The van der Waals surface area contributed by atoms with E-state index in [-0.39, 0.29) is 16.5 Å². The van der Waals surface area contributed by atoms with Gasteiger partial charge in [0.05, 0.1) is 21.8 Å². The number of nitrogens with two attached hydrogens (primary N) is 2. The molecule has 0 unspecified atom stereocenters. The van der Waals surface area contributed by atoms with E-state index in [2.05, 4.69) is 15.4 Å². The van der Waals surface area contributed by atoms with Crippen LogP contribution in [0.2, 0.25) is 0 Å². The van der Waals surface area contributed by atoms with Crippen LogP contribution in [0.3, 0.4) is 0 Å². The van der Waals surface area contributed by atoms with Gasteiger partial charge >= 0.3 is 0 Å². The fourth-order valence-corrected chi connectivity index (χ4v) is 4.69. The van der Waals surface area contributed by atoms with Crippen molar-refractivity contribution in [1.82, 2.24) is 14.8 Å². The number of benzene rings is 2. The van der Waals surface area contributed by atoms with Crippen molar-refractivity contribution >= 4 is 27.5 Å². The number of carbonyl (C=O) groups is 2. The van der Waals surface area contributed by atoms with Gasteiger partial charge in [-0.15, -0.1) is 0 Å². The lowest BCUT2D eigenvalue weighted by Crippen LogP contribution is -2.15. The lowest BCUT2D eigenvalue weighted by atomic mass is 9.88. The summed E-state index contributed by atoms with van der Waals surface area (Å²) in [4.78, 5) is 28.7. The van der Waals surface area contributed by atoms with E-state index in [1.165, 1.54) is 18.3 Å². The number of fused-ring (bicyclic) bond motifs is 3. The predicted molar refractivity (Wildman–Crippen MR) is 128 cm³/mol. The minimum absolute atomic E-state index is 0.0433. The normalized spacial score (nSPS) is 12.5. The molecule has 2 aromatic heterocycles. The van der Waals surface area contributed by atoms with Gasteiger partial charge in [0.1, 0.15) is 0 Å². The van der Waals surface area contributed by atoms with E-state index < -0.39 is 15.9 Å². The van der Waals surface area contributed by atoms with E-state index >= 15 is 0 Å². The van der Waals surface area contributed by atoms with Crippen LogP contribution in [0, 0.1) is 0 Å². The first-order valence-corrected chi connectivity index (χ1v) is 12.2. The minimum Gasteiger partial charge on any atom is -0.364 e. The second kappa shape index (κ2) is 8.46. The maximum absolute atomic E-state index is 12.6. The summed E-state index contributed by atoms with van der Waals surface area (Å²) in [6, 6.07) is 14.8. The zero-order valence-electron chi connectivity index (χ0n) is 18.3. The summed E-state index contributed by atoms with van der Waals surface area (Å²) in [6.07, 6.45) is 4.28. The zero-order chi connectivity index (χ0) is 24.7. The number of primary sulfonamides is 1. The van der Waals surface area contributed by atoms with Crippen LogP contribution in [0.25, 0.3) is 16.9 Å². The summed E-state index contributed by atoms with van der Waals surface area (Å²) in [5, 5.41) is 12.5. The van der Waals surface area contributed by atoms with Gasteiger partial charge in [0.25, 0.3) is 11.8 Å². The number of nitrogens with one attached hydrogen (secondary N) is 1. The number of anilines is 1. The number of nitrogens with zero attached hydrogens (tertiary/aromatic N) is 3. The zero-order valence-corrected chi connectivity index (χ0v) is 19.1. The van der Waals surface area contributed by atoms with Gasteiger partial charge in [0.15, 0.2) is 5.69 Å². The number of aromatic nitrogens is 3. The number of primary amides is 1. The molecule has 5 rings (SSSR count). The SMILES string of the molecule is NC(=O)c1nn(-c2ccc(S(N)(=O)=O)cc2)c2c1CCc1ccc(NC(=O)c3cccnc3)cc1-2. The van der Waals surface area contributed by atoms with Crippen molar-refractivity contribution in [2.24, 2.45) is 10.9 Å². The Morgan fingerprint density at radius 2 is 1.80 bits per heavy atom. The molecule has 0 aliphatic heterocycles. The van der Waals surface area contributed by atoms with Crippen LogP contribution in [0.4, 0.5) is 5.69 Å². The Morgan fingerprint density at radius 1 is 1.03 bits per heavy atom. The van der Waals surface area contributed by atoms with Gasteiger partial charge < -0.3 is 11.1 Å².